The zero-order valence-electron chi connectivity index (χ0n) is 6.19. The predicted octanol–water partition coefficient (Wildman–Crippen LogP) is 1.08. The lowest BCUT2D eigenvalue weighted by atomic mass is 10.2. The summed E-state index contributed by atoms with van der Waals surface area (Å²) in [5.41, 5.74) is 0. The van der Waals surface area contributed by atoms with Gasteiger partial charge in [0, 0.05) is 12.0 Å². The molecule has 0 saturated carbocycles. The first kappa shape index (κ1) is 9.47. The van der Waals surface area contributed by atoms with Crippen molar-refractivity contribution in [3.8, 4) is 0 Å². The number of rotatable bonds is 5. The van der Waals surface area contributed by atoms with Gasteiger partial charge in [0.25, 0.3) is 0 Å². The van der Waals surface area contributed by atoms with Gasteiger partial charge in [-0.15, -0.1) is 11.6 Å². The van der Waals surface area contributed by atoms with E-state index in [4.69, 9.17) is 16.0 Å². The standard InChI is InChI=1S/C6H15ClOSi/c1-6(8-9)4-2-3-5-7/h6H,2-5H2,1,9H3. The maximum absolute atomic E-state index is 5.50. The van der Waals surface area contributed by atoms with Gasteiger partial charge in [0.2, 0.25) is 0 Å². The lowest BCUT2D eigenvalue weighted by Crippen LogP contribution is -2.04. The molecule has 1 nitrogen and oxygen atoms in total. The smallest absolute Gasteiger partial charge is 0.146 e. The highest BCUT2D eigenvalue weighted by Gasteiger charge is 1.95. The van der Waals surface area contributed by atoms with Crippen molar-refractivity contribution in [2.24, 2.45) is 0 Å². The molecule has 9 heavy (non-hydrogen) atoms. The minimum atomic E-state index is 0.458. The predicted molar refractivity (Wildman–Crippen MR) is 45.1 cm³/mol. The van der Waals surface area contributed by atoms with Gasteiger partial charge in [-0.2, -0.15) is 0 Å². The molecule has 0 aromatic heterocycles. The quantitative estimate of drug-likeness (QED) is 0.338. The van der Waals surface area contributed by atoms with Gasteiger partial charge in [0.1, 0.15) is 10.5 Å². The maximum atomic E-state index is 5.50. The van der Waals surface area contributed by atoms with Gasteiger partial charge in [-0.05, 0) is 26.2 Å². The van der Waals surface area contributed by atoms with Crippen molar-refractivity contribution in [2.45, 2.75) is 32.3 Å². The Morgan fingerprint density at radius 3 is 2.67 bits per heavy atom. The third-order valence-corrected chi connectivity index (χ3v) is 2.47. The molecule has 0 aromatic carbocycles. The number of hydrogen-bond donors (Lipinski definition) is 0. The summed E-state index contributed by atoms with van der Waals surface area (Å²) in [5, 5.41) is 0. The summed E-state index contributed by atoms with van der Waals surface area (Å²) in [4.78, 5) is 0. The minimum Gasteiger partial charge on any atom is -0.425 e. The first-order chi connectivity index (χ1) is 4.31. The molecule has 0 fully saturated rings. The molecule has 0 saturated heterocycles. The highest BCUT2D eigenvalue weighted by atomic mass is 35.5. The Morgan fingerprint density at radius 1 is 1.56 bits per heavy atom. The maximum Gasteiger partial charge on any atom is 0.146 e. The summed E-state index contributed by atoms with van der Waals surface area (Å²) in [6, 6.07) is 0. The Kier molecular flexibility index (Phi) is 6.93. The third-order valence-electron chi connectivity index (χ3n) is 1.40. The molecular weight excluding hydrogens is 152 g/mol. The zero-order chi connectivity index (χ0) is 7.11. The van der Waals surface area contributed by atoms with Crippen LogP contribution >= 0.6 is 11.6 Å². The molecule has 0 aliphatic heterocycles. The number of alkyl halides is 1. The second-order valence-corrected chi connectivity index (χ2v) is 3.08. The van der Waals surface area contributed by atoms with Crippen molar-refractivity contribution < 1.29 is 4.43 Å². The summed E-state index contributed by atoms with van der Waals surface area (Å²) < 4.78 is 5.19. The van der Waals surface area contributed by atoms with Crippen LogP contribution < -0.4 is 0 Å². The average molecular weight is 167 g/mol. The van der Waals surface area contributed by atoms with E-state index in [1.807, 2.05) is 0 Å². The zero-order valence-corrected chi connectivity index (χ0v) is 8.95. The van der Waals surface area contributed by atoms with Gasteiger partial charge >= 0.3 is 0 Å². The molecule has 0 N–H and O–H groups in total. The van der Waals surface area contributed by atoms with Gasteiger partial charge in [-0.25, -0.2) is 0 Å². The second-order valence-electron chi connectivity index (χ2n) is 2.23. The summed E-state index contributed by atoms with van der Waals surface area (Å²) in [6.45, 7) is 2.11. The molecule has 0 aliphatic rings. The molecular formula is C6H15ClOSi. The average Bonchev–Trinajstić information content (AvgIpc) is 1.89. The topological polar surface area (TPSA) is 9.23 Å². The molecule has 0 heterocycles. The van der Waals surface area contributed by atoms with Crippen molar-refractivity contribution in [2.75, 3.05) is 5.88 Å². The van der Waals surface area contributed by atoms with Crippen LogP contribution in [-0.4, -0.2) is 22.5 Å². The summed E-state index contributed by atoms with van der Waals surface area (Å²) >= 11 is 5.50. The van der Waals surface area contributed by atoms with Gasteiger partial charge in [0.05, 0.1) is 0 Å². The monoisotopic (exact) mass is 166 g/mol. The lowest BCUT2D eigenvalue weighted by Gasteiger charge is -2.07. The third kappa shape index (κ3) is 6.35. The van der Waals surface area contributed by atoms with Crippen LogP contribution in [-0.2, 0) is 4.43 Å². The van der Waals surface area contributed by atoms with Crippen LogP contribution in [0.2, 0.25) is 0 Å². The Morgan fingerprint density at radius 2 is 2.22 bits per heavy atom. The van der Waals surface area contributed by atoms with Crippen LogP contribution in [0.25, 0.3) is 0 Å². The summed E-state index contributed by atoms with van der Waals surface area (Å²) in [7, 11) is 0.858. The second kappa shape index (κ2) is 6.58. The van der Waals surface area contributed by atoms with Crippen LogP contribution in [0.1, 0.15) is 26.2 Å². The highest BCUT2D eigenvalue weighted by Crippen LogP contribution is 2.02. The highest BCUT2D eigenvalue weighted by molar-refractivity contribution is 6.17. The molecule has 0 bridgehead atoms. The minimum absolute atomic E-state index is 0.458. The number of hydrogen-bond acceptors (Lipinski definition) is 1. The molecule has 0 rings (SSSR count). The van der Waals surface area contributed by atoms with Crippen molar-refractivity contribution >= 4 is 22.1 Å². The van der Waals surface area contributed by atoms with Crippen LogP contribution in [0.3, 0.4) is 0 Å². The van der Waals surface area contributed by atoms with Crippen LogP contribution in [0, 0.1) is 0 Å². The van der Waals surface area contributed by atoms with Gasteiger partial charge in [-0.1, -0.05) is 0 Å². The van der Waals surface area contributed by atoms with Crippen molar-refractivity contribution in [1.82, 2.24) is 0 Å². The number of halogens is 1. The summed E-state index contributed by atoms with van der Waals surface area (Å²) in [5.74, 6) is 0.786. The Bertz CT molecular complexity index is 61.0. The van der Waals surface area contributed by atoms with Crippen LogP contribution in [0.5, 0.6) is 0 Å². The van der Waals surface area contributed by atoms with E-state index in [2.05, 4.69) is 6.92 Å². The largest absolute Gasteiger partial charge is 0.425 e. The normalized spacial score (nSPS) is 14.0. The number of unbranched alkanes of at least 4 members (excludes halogenated alkanes) is 1. The molecule has 0 aromatic rings. The molecule has 0 spiro atoms. The fraction of sp³-hybridized carbons (Fsp3) is 1.00. The van der Waals surface area contributed by atoms with Crippen molar-refractivity contribution in [3.63, 3.8) is 0 Å². The SMILES string of the molecule is CC(CCCCCl)O[SiH3]. The summed E-state index contributed by atoms with van der Waals surface area (Å²) in [6.07, 6.45) is 3.94. The fourth-order valence-electron chi connectivity index (χ4n) is 0.644. The first-order valence-corrected chi connectivity index (χ1v) is 4.75. The Labute approximate surface area is 65.3 Å². The van der Waals surface area contributed by atoms with Crippen LogP contribution in [0.15, 0.2) is 0 Å². The molecule has 56 valence electrons. The fourth-order valence-corrected chi connectivity index (χ4v) is 1.07. The van der Waals surface area contributed by atoms with E-state index in [1.54, 1.807) is 0 Å². The van der Waals surface area contributed by atoms with Gasteiger partial charge < -0.3 is 4.43 Å². The molecule has 1 unspecified atom stereocenters. The Balaban J connectivity index is 2.88. The molecule has 0 aliphatic carbocycles. The van der Waals surface area contributed by atoms with Crippen molar-refractivity contribution in [1.29, 1.82) is 0 Å². The molecule has 0 radical (unpaired) electrons. The first-order valence-electron chi connectivity index (χ1n) is 3.40. The van der Waals surface area contributed by atoms with Gasteiger partial charge in [-0.3, -0.25) is 0 Å². The molecule has 1 atom stereocenters. The van der Waals surface area contributed by atoms with E-state index in [0.29, 0.717) is 6.10 Å². The van der Waals surface area contributed by atoms with E-state index >= 15 is 0 Å². The molecule has 3 heteroatoms. The van der Waals surface area contributed by atoms with E-state index in [1.165, 1.54) is 6.42 Å². The van der Waals surface area contributed by atoms with E-state index in [0.717, 1.165) is 29.2 Å². The van der Waals surface area contributed by atoms with Crippen LogP contribution in [0.4, 0.5) is 0 Å². The Hall–Kier alpha value is 0.467. The van der Waals surface area contributed by atoms with E-state index in [-0.39, 0.29) is 0 Å². The lowest BCUT2D eigenvalue weighted by molar-refractivity contribution is 0.228. The molecule has 0 amide bonds. The van der Waals surface area contributed by atoms with E-state index < -0.39 is 0 Å². The van der Waals surface area contributed by atoms with Gasteiger partial charge in [0.15, 0.2) is 0 Å². The van der Waals surface area contributed by atoms with E-state index in [9.17, 15) is 0 Å². The van der Waals surface area contributed by atoms with Crippen molar-refractivity contribution in [3.05, 3.63) is 0 Å².